The molecule has 1 aliphatic heterocycles. The Labute approximate surface area is 288 Å². The van der Waals surface area contributed by atoms with E-state index in [1.54, 1.807) is 18.2 Å². The molecule has 3 aromatic rings. The zero-order valence-corrected chi connectivity index (χ0v) is 28.3. The first kappa shape index (κ1) is 35.9. The number of fused-ring (bicyclic) bond motifs is 2. The van der Waals surface area contributed by atoms with Crippen molar-refractivity contribution in [3.8, 4) is 0 Å². The highest BCUT2D eigenvalue weighted by molar-refractivity contribution is 5.99. The minimum Gasteiger partial charge on any atom is -0.390 e. The number of rotatable bonds is 15. The molecule has 1 aromatic heterocycles. The van der Waals surface area contributed by atoms with Crippen LogP contribution >= 0.6 is 0 Å². The lowest BCUT2D eigenvalue weighted by Crippen LogP contribution is -2.63. The van der Waals surface area contributed by atoms with E-state index in [0.29, 0.717) is 23.8 Å². The van der Waals surface area contributed by atoms with Crippen molar-refractivity contribution in [3.05, 3.63) is 78.0 Å². The van der Waals surface area contributed by atoms with E-state index < -0.39 is 54.3 Å². The van der Waals surface area contributed by atoms with Gasteiger partial charge in [0.2, 0.25) is 17.7 Å². The summed E-state index contributed by atoms with van der Waals surface area (Å²) < 4.78 is 0. The van der Waals surface area contributed by atoms with Crippen LogP contribution < -0.4 is 22.1 Å². The summed E-state index contributed by atoms with van der Waals surface area (Å²) in [4.78, 5) is 58.7. The van der Waals surface area contributed by atoms with Gasteiger partial charge < -0.3 is 27.2 Å². The summed E-state index contributed by atoms with van der Waals surface area (Å²) in [5.41, 5.74) is 13.1. The summed E-state index contributed by atoms with van der Waals surface area (Å²) in [6, 6.07) is 17.6. The molecule has 0 spiro atoms. The SMILES string of the molecule is CCCCC1[C@H]2CCCC[C@@H]2C[C@@H](C(N)=O)N1C[C@@H](O)[C@H](Cc1ccccc1)NC(=O)[C@H](CC(N)=O)NC(=O)c1ccc2ccccc2n1. The van der Waals surface area contributed by atoms with Gasteiger partial charge in [0.1, 0.15) is 11.7 Å². The Bertz CT molecular complexity index is 1600. The Morgan fingerprint density at radius 1 is 0.959 bits per heavy atom. The Balaban J connectivity index is 1.38. The molecule has 11 nitrogen and oxygen atoms in total. The first-order chi connectivity index (χ1) is 23.6. The number of piperidine rings is 1. The minimum atomic E-state index is -1.31. The Morgan fingerprint density at radius 2 is 1.69 bits per heavy atom. The van der Waals surface area contributed by atoms with Gasteiger partial charge in [0.05, 0.1) is 30.1 Å². The van der Waals surface area contributed by atoms with E-state index >= 15 is 0 Å². The van der Waals surface area contributed by atoms with Gasteiger partial charge in [0.15, 0.2) is 0 Å². The third-order valence-corrected chi connectivity index (χ3v) is 10.3. The summed E-state index contributed by atoms with van der Waals surface area (Å²) in [5.74, 6) is -1.61. The van der Waals surface area contributed by atoms with Gasteiger partial charge in [-0.05, 0) is 55.2 Å². The number of amides is 4. The molecule has 2 aliphatic rings. The highest BCUT2D eigenvalue weighted by atomic mass is 16.3. The fourth-order valence-corrected chi connectivity index (χ4v) is 7.88. The van der Waals surface area contributed by atoms with Crippen molar-refractivity contribution in [1.29, 1.82) is 0 Å². The number of β-amino-alcohol motifs (C(OH)–C–C–N with tert-alkyl or cyclic N) is 1. The molecule has 1 saturated carbocycles. The van der Waals surface area contributed by atoms with Crippen molar-refractivity contribution in [3.63, 3.8) is 0 Å². The average Bonchev–Trinajstić information content (AvgIpc) is 3.10. The molecule has 0 radical (unpaired) electrons. The van der Waals surface area contributed by atoms with Gasteiger partial charge in [0.25, 0.3) is 5.91 Å². The van der Waals surface area contributed by atoms with Crippen molar-refractivity contribution in [2.75, 3.05) is 6.54 Å². The van der Waals surface area contributed by atoms with Crippen molar-refractivity contribution in [2.45, 2.75) is 101 Å². The van der Waals surface area contributed by atoms with Gasteiger partial charge >= 0.3 is 0 Å². The van der Waals surface area contributed by atoms with E-state index in [1.165, 1.54) is 0 Å². The molecule has 4 amide bonds. The maximum absolute atomic E-state index is 13.9. The molecular formula is C38H50N6O5. The number of aromatic nitrogens is 1. The molecule has 2 aromatic carbocycles. The molecule has 1 aliphatic carbocycles. The number of nitrogens with two attached hydrogens (primary N) is 2. The lowest BCUT2D eigenvalue weighted by atomic mass is 9.67. The number of likely N-dealkylation sites (tertiary alicyclic amines) is 1. The number of carbonyl (C=O) groups excluding carboxylic acids is 4. The van der Waals surface area contributed by atoms with Crippen molar-refractivity contribution < 1.29 is 24.3 Å². The number of aliphatic hydroxyl groups excluding tert-OH is 1. The second-order valence-corrected chi connectivity index (χ2v) is 13.7. The number of nitrogens with zero attached hydrogens (tertiary/aromatic N) is 2. The molecule has 49 heavy (non-hydrogen) atoms. The number of carbonyl (C=O) groups is 4. The molecule has 1 unspecified atom stereocenters. The predicted octanol–water partition coefficient (Wildman–Crippen LogP) is 3.22. The van der Waals surface area contributed by atoms with E-state index in [4.69, 9.17) is 11.5 Å². The zero-order valence-electron chi connectivity index (χ0n) is 28.3. The molecule has 7 N–H and O–H groups in total. The van der Waals surface area contributed by atoms with Gasteiger partial charge in [-0.2, -0.15) is 0 Å². The fraction of sp³-hybridized carbons (Fsp3) is 0.500. The zero-order chi connectivity index (χ0) is 34.9. The molecule has 0 bridgehead atoms. The van der Waals surface area contributed by atoms with Crippen LogP contribution in [0.3, 0.4) is 0 Å². The largest absolute Gasteiger partial charge is 0.390 e. The number of hydrogen-bond acceptors (Lipinski definition) is 7. The minimum absolute atomic E-state index is 0.0866. The molecule has 2 heterocycles. The number of nitrogens with one attached hydrogen (secondary N) is 2. The molecule has 5 rings (SSSR count). The molecule has 11 heteroatoms. The number of para-hydroxylation sites is 1. The topological polar surface area (TPSA) is 181 Å². The standard InChI is InChI=1S/C38H50N6O5/c1-2-3-17-32-27-15-9-7-14-26(27)21-33(36(40)47)44(32)23-34(45)30(20-24-11-5-4-6-12-24)42-38(49)31(22-35(39)46)43-37(48)29-19-18-25-13-8-10-16-28(25)41-29/h4-6,8,10-13,16,18-19,26-27,30-34,45H,2-3,7,9,14-15,17,20-23H2,1H3,(H2,39,46)(H2,40,47)(H,42,49)(H,43,48)/t26-,27+,30+,31+,32?,33+,34-/m1/s1. The molecule has 262 valence electrons. The Morgan fingerprint density at radius 3 is 2.43 bits per heavy atom. The molecule has 1 saturated heterocycles. The second kappa shape index (κ2) is 16.8. The quantitative estimate of drug-likeness (QED) is 0.165. The van der Waals surface area contributed by atoms with Crippen LogP contribution in [0.4, 0.5) is 0 Å². The van der Waals surface area contributed by atoms with Crippen molar-refractivity contribution in [2.24, 2.45) is 23.3 Å². The molecule has 7 atom stereocenters. The van der Waals surface area contributed by atoms with Crippen LogP contribution in [0.25, 0.3) is 10.9 Å². The highest BCUT2D eigenvalue weighted by Gasteiger charge is 2.46. The van der Waals surface area contributed by atoms with E-state index in [2.05, 4.69) is 27.4 Å². The lowest BCUT2D eigenvalue weighted by molar-refractivity contribution is -0.133. The lowest BCUT2D eigenvalue weighted by Gasteiger charge is -2.52. The predicted molar refractivity (Wildman–Crippen MR) is 188 cm³/mol. The van der Waals surface area contributed by atoms with E-state index in [-0.39, 0.29) is 24.7 Å². The Hall–Kier alpha value is -4.35. The normalized spacial score (nSPS) is 22.7. The first-order valence-electron chi connectivity index (χ1n) is 17.7. The number of hydrogen-bond donors (Lipinski definition) is 5. The van der Waals surface area contributed by atoms with Crippen LogP contribution in [0.1, 0.15) is 80.8 Å². The summed E-state index contributed by atoms with van der Waals surface area (Å²) in [6.45, 7) is 2.28. The molecule has 2 fully saturated rings. The summed E-state index contributed by atoms with van der Waals surface area (Å²) in [6.07, 6.45) is 6.79. The van der Waals surface area contributed by atoms with Crippen LogP contribution in [0, 0.1) is 11.8 Å². The van der Waals surface area contributed by atoms with Crippen LogP contribution in [0.5, 0.6) is 0 Å². The molecular weight excluding hydrogens is 620 g/mol. The van der Waals surface area contributed by atoms with Gasteiger partial charge in [-0.15, -0.1) is 0 Å². The van der Waals surface area contributed by atoms with Gasteiger partial charge in [-0.25, -0.2) is 4.98 Å². The summed E-state index contributed by atoms with van der Waals surface area (Å²) in [5, 5.41) is 18.4. The van der Waals surface area contributed by atoms with Crippen LogP contribution in [0.15, 0.2) is 66.7 Å². The maximum atomic E-state index is 13.9. The van der Waals surface area contributed by atoms with Gasteiger partial charge in [-0.1, -0.05) is 93.6 Å². The fourth-order valence-electron chi connectivity index (χ4n) is 7.88. The van der Waals surface area contributed by atoms with Crippen LogP contribution in [-0.4, -0.2) is 75.4 Å². The number of aliphatic hydroxyl groups is 1. The summed E-state index contributed by atoms with van der Waals surface area (Å²) in [7, 11) is 0. The van der Waals surface area contributed by atoms with Crippen LogP contribution in [0.2, 0.25) is 0 Å². The number of pyridine rings is 1. The smallest absolute Gasteiger partial charge is 0.270 e. The third-order valence-electron chi connectivity index (χ3n) is 10.3. The average molecular weight is 671 g/mol. The van der Waals surface area contributed by atoms with Gasteiger partial charge in [0, 0.05) is 18.0 Å². The monoisotopic (exact) mass is 670 g/mol. The Kier molecular flexibility index (Phi) is 12.4. The highest BCUT2D eigenvalue weighted by Crippen LogP contribution is 2.44. The van der Waals surface area contributed by atoms with E-state index in [9.17, 15) is 24.3 Å². The van der Waals surface area contributed by atoms with Crippen molar-refractivity contribution in [1.82, 2.24) is 20.5 Å². The number of unbranched alkanes of at least 4 members (excludes halogenated alkanes) is 1. The maximum Gasteiger partial charge on any atom is 0.270 e. The van der Waals surface area contributed by atoms with Crippen LogP contribution in [-0.2, 0) is 20.8 Å². The van der Waals surface area contributed by atoms with E-state index in [0.717, 1.165) is 55.9 Å². The number of primary amides is 2. The van der Waals surface area contributed by atoms with Gasteiger partial charge in [-0.3, -0.25) is 24.1 Å². The van der Waals surface area contributed by atoms with Crippen molar-refractivity contribution >= 4 is 34.5 Å². The van der Waals surface area contributed by atoms with E-state index in [1.807, 2.05) is 48.5 Å². The summed E-state index contributed by atoms with van der Waals surface area (Å²) >= 11 is 0. The first-order valence-corrected chi connectivity index (χ1v) is 17.7. The number of benzene rings is 2. The third kappa shape index (κ3) is 9.21. The second-order valence-electron chi connectivity index (χ2n) is 13.7.